The van der Waals surface area contributed by atoms with E-state index in [9.17, 15) is 4.79 Å². The first kappa shape index (κ1) is 11.3. The Morgan fingerprint density at radius 2 is 2.06 bits per heavy atom. The third-order valence-electron chi connectivity index (χ3n) is 2.75. The van der Waals surface area contributed by atoms with E-state index in [4.69, 9.17) is 5.84 Å². The largest absolute Gasteiger partial charge is 0.304 e. The van der Waals surface area contributed by atoms with Gasteiger partial charge in [0.25, 0.3) is 5.56 Å². The highest BCUT2D eigenvalue weighted by Gasteiger charge is 2.05. The van der Waals surface area contributed by atoms with Gasteiger partial charge in [0.1, 0.15) is 0 Å². The molecule has 0 aliphatic heterocycles. The van der Waals surface area contributed by atoms with Crippen LogP contribution in [-0.2, 0) is 0 Å². The molecule has 17 heavy (non-hydrogen) atoms. The van der Waals surface area contributed by atoms with Crippen molar-refractivity contribution in [3.63, 3.8) is 0 Å². The van der Waals surface area contributed by atoms with E-state index in [2.05, 4.69) is 10.4 Å². The number of hydrazine groups is 1. The second-order valence-electron chi connectivity index (χ2n) is 3.86. The Bertz CT molecular complexity index is 604. The van der Waals surface area contributed by atoms with E-state index < -0.39 is 0 Å². The highest BCUT2D eigenvalue weighted by Crippen LogP contribution is 2.12. The SMILES string of the molecule is Cc1ccc(-n2ccnc(NN)c2=O)cc1C. The summed E-state index contributed by atoms with van der Waals surface area (Å²) >= 11 is 0. The van der Waals surface area contributed by atoms with Crippen molar-refractivity contribution in [3.8, 4) is 5.69 Å². The lowest BCUT2D eigenvalue weighted by Crippen LogP contribution is -2.25. The molecule has 5 nitrogen and oxygen atoms in total. The second kappa shape index (κ2) is 4.39. The number of aryl methyl sites for hydroxylation is 2. The van der Waals surface area contributed by atoms with Crippen molar-refractivity contribution in [2.45, 2.75) is 13.8 Å². The summed E-state index contributed by atoms with van der Waals surface area (Å²) in [4.78, 5) is 15.8. The molecule has 1 heterocycles. The third-order valence-corrected chi connectivity index (χ3v) is 2.75. The van der Waals surface area contributed by atoms with Crippen LogP contribution in [0.2, 0.25) is 0 Å². The summed E-state index contributed by atoms with van der Waals surface area (Å²) in [6, 6.07) is 5.83. The maximum Gasteiger partial charge on any atom is 0.299 e. The molecule has 88 valence electrons. The standard InChI is InChI=1S/C12H14N4O/c1-8-3-4-10(7-9(8)2)16-6-5-14-11(15-13)12(16)17/h3-7H,13H2,1-2H3,(H,14,15). The van der Waals surface area contributed by atoms with Gasteiger partial charge in [0.05, 0.1) is 0 Å². The lowest BCUT2D eigenvalue weighted by molar-refractivity contribution is 0.950. The summed E-state index contributed by atoms with van der Waals surface area (Å²) in [6.45, 7) is 4.04. The number of hydrogen-bond acceptors (Lipinski definition) is 4. The molecule has 0 aliphatic rings. The third kappa shape index (κ3) is 2.05. The Morgan fingerprint density at radius 3 is 2.71 bits per heavy atom. The number of benzene rings is 1. The Hall–Kier alpha value is -2.14. The van der Waals surface area contributed by atoms with Gasteiger partial charge in [-0.05, 0) is 37.1 Å². The van der Waals surface area contributed by atoms with Crippen LogP contribution in [0.4, 0.5) is 5.82 Å². The molecular weight excluding hydrogens is 216 g/mol. The van der Waals surface area contributed by atoms with Gasteiger partial charge in [0.15, 0.2) is 0 Å². The summed E-state index contributed by atoms with van der Waals surface area (Å²) in [5, 5.41) is 0. The minimum atomic E-state index is -0.266. The van der Waals surface area contributed by atoms with Gasteiger partial charge in [-0.25, -0.2) is 10.8 Å². The van der Waals surface area contributed by atoms with E-state index in [1.54, 1.807) is 6.20 Å². The quantitative estimate of drug-likeness (QED) is 0.599. The van der Waals surface area contributed by atoms with Gasteiger partial charge in [0, 0.05) is 18.1 Å². The van der Waals surface area contributed by atoms with E-state index in [-0.39, 0.29) is 11.4 Å². The van der Waals surface area contributed by atoms with Crippen LogP contribution in [-0.4, -0.2) is 9.55 Å². The number of anilines is 1. The van der Waals surface area contributed by atoms with Crippen molar-refractivity contribution in [2.75, 3.05) is 5.43 Å². The first-order valence-electron chi connectivity index (χ1n) is 5.25. The van der Waals surface area contributed by atoms with Gasteiger partial charge >= 0.3 is 0 Å². The maximum absolute atomic E-state index is 12.0. The molecule has 0 radical (unpaired) electrons. The Labute approximate surface area is 98.9 Å². The fourth-order valence-electron chi connectivity index (χ4n) is 1.59. The molecule has 1 aromatic heterocycles. The number of nitrogen functional groups attached to an aromatic ring is 1. The van der Waals surface area contributed by atoms with E-state index in [0.29, 0.717) is 0 Å². The lowest BCUT2D eigenvalue weighted by Gasteiger charge is -2.09. The molecule has 0 atom stereocenters. The molecule has 0 spiro atoms. The molecular formula is C12H14N4O. The number of nitrogens with one attached hydrogen (secondary N) is 1. The average Bonchev–Trinajstić information content (AvgIpc) is 2.33. The van der Waals surface area contributed by atoms with Crippen LogP contribution in [0.3, 0.4) is 0 Å². The summed E-state index contributed by atoms with van der Waals surface area (Å²) in [5.41, 5.74) is 5.15. The minimum Gasteiger partial charge on any atom is -0.304 e. The minimum absolute atomic E-state index is 0.130. The fraction of sp³-hybridized carbons (Fsp3) is 0.167. The molecule has 5 heteroatoms. The number of aromatic nitrogens is 2. The van der Waals surface area contributed by atoms with E-state index in [0.717, 1.165) is 11.3 Å². The van der Waals surface area contributed by atoms with Crippen LogP contribution in [0.5, 0.6) is 0 Å². The molecule has 2 rings (SSSR count). The highest BCUT2D eigenvalue weighted by molar-refractivity contribution is 5.42. The van der Waals surface area contributed by atoms with Gasteiger partial charge in [-0.15, -0.1) is 0 Å². The van der Waals surface area contributed by atoms with Gasteiger partial charge in [-0.3, -0.25) is 9.36 Å². The molecule has 0 aliphatic carbocycles. The number of nitrogens with two attached hydrogens (primary N) is 1. The van der Waals surface area contributed by atoms with E-state index >= 15 is 0 Å². The molecule has 0 fully saturated rings. The normalized spacial score (nSPS) is 10.3. The van der Waals surface area contributed by atoms with Crippen molar-refractivity contribution in [3.05, 3.63) is 52.1 Å². The predicted molar refractivity (Wildman–Crippen MR) is 67.1 cm³/mol. The summed E-state index contributed by atoms with van der Waals surface area (Å²) in [6.07, 6.45) is 3.15. The van der Waals surface area contributed by atoms with Crippen LogP contribution in [0.15, 0.2) is 35.4 Å². The lowest BCUT2D eigenvalue weighted by atomic mass is 10.1. The molecule has 0 amide bonds. The van der Waals surface area contributed by atoms with E-state index in [1.165, 1.54) is 16.3 Å². The van der Waals surface area contributed by atoms with Crippen molar-refractivity contribution in [1.82, 2.24) is 9.55 Å². The Balaban J connectivity index is 2.61. The Kier molecular flexibility index (Phi) is 2.93. The zero-order valence-electron chi connectivity index (χ0n) is 9.77. The average molecular weight is 230 g/mol. The summed E-state index contributed by atoms with van der Waals surface area (Å²) in [7, 11) is 0. The first-order valence-corrected chi connectivity index (χ1v) is 5.25. The zero-order valence-corrected chi connectivity index (χ0v) is 9.77. The van der Waals surface area contributed by atoms with Crippen LogP contribution in [0.1, 0.15) is 11.1 Å². The molecule has 0 saturated carbocycles. The smallest absolute Gasteiger partial charge is 0.299 e. The predicted octanol–water partition coefficient (Wildman–Crippen LogP) is 1.13. The second-order valence-corrected chi connectivity index (χ2v) is 3.86. The van der Waals surface area contributed by atoms with Crippen LogP contribution in [0.25, 0.3) is 5.69 Å². The van der Waals surface area contributed by atoms with Crippen LogP contribution < -0.4 is 16.8 Å². The monoisotopic (exact) mass is 230 g/mol. The number of rotatable bonds is 2. The van der Waals surface area contributed by atoms with Gasteiger partial charge < -0.3 is 5.43 Å². The van der Waals surface area contributed by atoms with Crippen molar-refractivity contribution in [2.24, 2.45) is 5.84 Å². The van der Waals surface area contributed by atoms with Crippen LogP contribution in [0, 0.1) is 13.8 Å². The Morgan fingerprint density at radius 1 is 1.29 bits per heavy atom. The molecule has 0 saturated heterocycles. The van der Waals surface area contributed by atoms with Crippen molar-refractivity contribution < 1.29 is 0 Å². The molecule has 3 N–H and O–H groups in total. The molecule has 0 unspecified atom stereocenters. The highest BCUT2D eigenvalue weighted by atomic mass is 16.1. The topological polar surface area (TPSA) is 72.9 Å². The van der Waals surface area contributed by atoms with Gasteiger partial charge in [-0.2, -0.15) is 0 Å². The molecule has 2 aromatic rings. The fourth-order valence-corrected chi connectivity index (χ4v) is 1.59. The molecule has 1 aromatic carbocycles. The molecule has 0 bridgehead atoms. The van der Waals surface area contributed by atoms with Crippen molar-refractivity contribution in [1.29, 1.82) is 0 Å². The van der Waals surface area contributed by atoms with Gasteiger partial charge in [-0.1, -0.05) is 6.07 Å². The van der Waals surface area contributed by atoms with Crippen molar-refractivity contribution >= 4 is 5.82 Å². The first-order chi connectivity index (χ1) is 8.13. The number of hydrogen-bond donors (Lipinski definition) is 2. The van der Waals surface area contributed by atoms with E-state index in [1.807, 2.05) is 32.0 Å². The maximum atomic E-state index is 12.0. The summed E-state index contributed by atoms with van der Waals surface area (Å²) in [5.74, 6) is 5.36. The van der Waals surface area contributed by atoms with Crippen LogP contribution >= 0.6 is 0 Å². The van der Waals surface area contributed by atoms with Gasteiger partial charge in [0.2, 0.25) is 5.82 Å². The summed E-state index contributed by atoms with van der Waals surface area (Å²) < 4.78 is 1.51. The zero-order chi connectivity index (χ0) is 12.4. The number of nitrogens with zero attached hydrogens (tertiary/aromatic N) is 2.